The summed E-state index contributed by atoms with van der Waals surface area (Å²) in [5.74, 6) is -1.14. The van der Waals surface area contributed by atoms with E-state index in [4.69, 9.17) is 5.73 Å². The topological polar surface area (TPSA) is 83.6 Å². The fourth-order valence-corrected chi connectivity index (χ4v) is 3.70. The summed E-state index contributed by atoms with van der Waals surface area (Å²) in [4.78, 5) is 24.9. The van der Waals surface area contributed by atoms with Gasteiger partial charge < -0.3 is 10.8 Å². The van der Waals surface area contributed by atoms with E-state index in [-0.39, 0.29) is 17.0 Å². The molecule has 3 rings (SSSR count). The van der Waals surface area contributed by atoms with Crippen molar-refractivity contribution in [2.75, 3.05) is 5.73 Å². The van der Waals surface area contributed by atoms with Crippen molar-refractivity contribution in [1.29, 1.82) is 0 Å². The molecule has 98 valence electrons. The zero-order valence-electron chi connectivity index (χ0n) is 10.00. The van der Waals surface area contributed by atoms with Gasteiger partial charge in [-0.2, -0.15) is 0 Å². The van der Waals surface area contributed by atoms with E-state index in [0.29, 0.717) is 18.5 Å². The van der Waals surface area contributed by atoms with Crippen LogP contribution in [0.25, 0.3) is 0 Å². The second-order valence-corrected chi connectivity index (χ2v) is 5.81. The number of carbonyl (C=O) groups is 2. The number of nitrogens with zero attached hydrogens (tertiary/aromatic N) is 1. The minimum Gasteiger partial charge on any atom is -0.477 e. The lowest BCUT2D eigenvalue weighted by molar-refractivity contribution is -0.145. The van der Waals surface area contributed by atoms with E-state index in [0.717, 1.165) is 10.5 Å². The van der Waals surface area contributed by atoms with Gasteiger partial charge >= 0.3 is 5.97 Å². The van der Waals surface area contributed by atoms with Crippen molar-refractivity contribution in [2.24, 2.45) is 0 Å². The molecule has 19 heavy (non-hydrogen) atoms. The molecule has 1 amide bonds. The van der Waals surface area contributed by atoms with Crippen molar-refractivity contribution in [3.63, 3.8) is 0 Å². The first-order valence-corrected chi connectivity index (χ1v) is 6.74. The zero-order valence-corrected chi connectivity index (χ0v) is 10.8. The quantitative estimate of drug-likeness (QED) is 0.644. The summed E-state index contributed by atoms with van der Waals surface area (Å²) < 4.78 is 0. The van der Waals surface area contributed by atoms with Crippen molar-refractivity contribution in [1.82, 2.24) is 4.90 Å². The minimum atomic E-state index is -1.03. The van der Waals surface area contributed by atoms with Crippen LogP contribution in [-0.2, 0) is 16.0 Å². The van der Waals surface area contributed by atoms with Crippen molar-refractivity contribution < 1.29 is 14.7 Å². The summed E-state index contributed by atoms with van der Waals surface area (Å²) in [5.41, 5.74) is 7.43. The van der Waals surface area contributed by atoms with Gasteiger partial charge in [-0.1, -0.05) is 12.1 Å². The molecule has 1 aromatic carbocycles. The molecular weight excluding hydrogens is 264 g/mol. The number of hydrogen-bond acceptors (Lipinski definition) is 4. The molecule has 6 heteroatoms. The van der Waals surface area contributed by atoms with Crippen LogP contribution in [-0.4, -0.2) is 27.3 Å². The number of carboxylic acids is 1. The fourth-order valence-electron chi connectivity index (χ4n) is 2.27. The van der Waals surface area contributed by atoms with E-state index in [1.54, 1.807) is 12.1 Å². The fraction of sp³-hybridized carbons (Fsp3) is 0.231. The smallest absolute Gasteiger partial charge is 0.353 e. The average molecular weight is 276 g/mol. The number of allylic oxidation sites excluding steroid dienone is 1. The standard InChI is InChI=1S/C13H12N2O3S/c14-8-3-1-7(2-4-8)5-9-12(13(17)18)15-10(16)6-11(15)19-9/h1-4,11H,5-6,14H2,(H,17,18)/t11-/m1/s1. The Morgan fingerprint density at radius 2 is 2.11 bits per heavy atom. The first-order chi connectivity index (χ1) is 9.06. The Hall–Kier alpha value is -1.95. The first-order valence-electron chi connectivity index (χ1n) is 5.86. The first kappa shape index (κ1) is 12.1. The number of benzene rings is 1. The molecule has 2 heterocycles. The maximum Gasteiger partial charge on any atom is 0.353 e. The molecule has 0 spiro atoms. The number of β-lactam (4-membered cyclic amide) rings is 1. The van der Waals surface area contributed by atoms with Gasteiger partial charge in [-0.05, 0) is 17.7 Å². The highest BCUT2D eigenvalue weighted by Crippen LogP contribution is 2.47. The van der Waals surface area contributed by atoms with Gasteiger partial charge in [-0.15, -0.1) is 11.8 Å². The van der Waals surface area contributed by atoms with Crippen LogP contribution in [0.4, 0.5) is 5.69 Å². The van der Waals surface area contributed by atoms with Crippen molar-refractivity contribution in [3.8, 4) is 0 Å². The molecule has 2 aliphatic rings. The zero-order chi connectivity index (χ0) is 13.6. The number of anilines is 1. The largest absolute Gasteiger partial charge is 0.477 e. The predicted molar refractivity (Wildman–Crippen MR) is 72.1 cm³/mol. The number of nitrogens with two attached hydrogens (primary N) is 1. The van der Waals surface area contributed by atoms with Gasteiger partial charge in [0.1, 0.15) is 5.70 Å². The normalized spacial score (nSPS) is 21.4. The maximum atomic E-state index is 11.5. The predicted octanol–water partition coefficient (Wildman–Crippen LogP) is 1.41. The molecular formula is C13H12N2O3S. The van der Waals surface area contributed by atoms with E-state index in [9.17, 15) is 14.7 Å². The highest BCUT2D eigenvalue weighted by Gasteiger charge is 2.48. The summed E-state index contributed by atoms with van der Waals surface area (Å²) in [6.07, 6.45) is 0.944. The number of thioether (sulfide) groups is 1. The van der Waals surface area contributed by atoms with Crippen molar-refractivity contribution in [2.45, 2.75) is 18.2 Å². The van der Waals surface area contributed by atoms with E-state index >= 15 is 0 Å². The highest BCUT2D eigenvalue weighted by molar-refractivity contribution is 8.04. The van der Waals surface area contributed by atoms with E-state index in [1.165, 1.54) is 16.7 Å². The van der Waals surface area contributed by atoms with Gasteiger partial charge in [-0.25, -0.2) is 4.79 Å². The van der Waals surface area contributed by atoms with Crippen LogP contribution < -0.4 is 5.73 Å². The second-order valence-electron chi connectivity index (χ2n) is 4.54. The lowest BCUT2D eigenvalue weighted by Gasteiger charge is -2.33. The van der Waals surface area contributed by atoms with E-state index in [1.807, 2.05) is 12.1 Å². The minimum absolute atomic E-state index is 0.0256. The van der Waals surface area contributed by atoms with Gasteiger partial charge in [-0.3, -0.25) is 9.69 Å². The molecule has 0 aromatic heterocycles. The molecule has 0 radical (unpaired) electrons. The number of hydrogen-bond donors (Lipinski definition) is 2. The van der Waals surface area contributed by atoms with Crippen molar-refractivity contribution >= 4 is 29.3 Å². The lowest BCUT2D eigenvalue weighted by Crippen LogP contribution is -2.48. The lowest BCUT2D eigenvalue weighted by atomic mass is 10.1. The molecule has 0 unspecified atom stereocenters. The molecule has 1 fully saturated rings. The molecule has 0 bridgehead atoms. The van der Waals surface area contributed by atoms with Crippen LogP contribution in [0.3, 0.4) is 0 Å². The Morgan fingerprint density at radius 1 is 1.42 bits per heavy atom. The number of fused-ring (bicyclic) bond motifs is 1. The molecule has 0 aliphatic carbocycles. The maximum absolute atomic E-state index is 11.5. The van der Waals surface area contributed by atoms with E-state index in [2.05, 4.69) is 0 Å². The molecule has 0 saturated carbocycles. The van der Waals surface area contributed by atoms with Crippen LogP contribution in [0.1, 0.15) is 12.0 Å². The van der Waals surface area contributed by atoms with Crippen LogP contribution >= 0.6 is 11.8 Å². The number of carboxylic acid groups (broad SMARTS) is 1. The molecule has 2 aliphatic heterocycles. The Balaban J connectivity index is 1.89. The van der Waals surface area contributed by atoms with Gasteiger partial charge in [0.15, 0.2) is 0 Å². The third-order valence-electron chi connectivity index (χ3n) is 3.24. The Labute approximate surface area is 114 Å². The number of rotatable bonds is 3. The Bertz CT molecular complexity index is 594. The molecule has 1 atom stereocenters. The van der Waals surface area contributed by atoms with Gasteiger partial charge in [0.25, 0.3) is 0 Å². The summed E-state index contributed by atoms with van der Waals surface area (Å²) in [5, 5.41) is 9.23. The van der Waals surface area contributed by atoms with Crippen LogP contribution in [0.15, 0.2) is 34.9 Å². The monoisotopic (exact) mass is 276 g/mol. The summed E-state index contributed by atoms with van der Waals surface area (Å²) in [6, 6.07) is 7.32. The third-order valence-corrected chi connectivity index (χ3v) is 4.51. The van der Waals surface area contributed by atoms with Crippen LogP contribution in [0.2, 0.25) is 0 Å². The second kappa shape index (κ2) is 4.31. The molecule has 5 nitrogen and oxygen atoms in total. The molecule has 1 saturated heterocycles. The summed E-state index contributed by atoms with van der Waals surface area (Å²) in [7, 11) is 0. The van der Waals surface area contributed by atoms with Gasteiger partial charge in [0, 0.05) is 17.0 Å². The Kier molecular flexibility index (Phi) is 2.74. The van der Waals surface area contributed by atoms with Crippen LogP contribution in [0, 0.1) is 0 Å². The highest BCUT2D eigenvalue weighted by atomic mass is 32.2. The number of aliphatic carboxylic acids is 1. The van der Waals surface area contributed by atoms with E-state index < -0.39 is 5.97 Å². The van der Waals surface area contributed by atoms with Crippen LogP contribution in [0.5, 0.6) is 0 Å². The Morgan fingerprint density at radius 3 is 2.68 bits per heavy atom. The average Bonchev–Trinajstić information content (AvgIpc) is 2.65. The third kappa shape index (κ3) is 1.98. The van der Waals surface area contributed by atoms with Gasteiger partial charge in [0.05, 0.1) is 11.8 Å². The number of amides is 1. The summed E-state index contributed by atoms with van der Waals surface area (Å²) in [6.45, 7) is 0. The van der Waals surface area contributed by atoms with Crippen molar-refractivity contribution in [3.05, 3.63) is 40.4 Å². The summed E-state index contributed by atoms with van der Waals surface area (Å²) >= 11 is 1.47. The van der Waals surface area contributed by atoms with Gasteiger partial charge in [0.2, 0.25) is 5.91 Å². The SMILES string of the molecule is Nc1ccc(CC2=C(C(=O)O)N3C(=O)C[C@H]3S2)cc1. The number of nitrogen functional groups attached to an aromatic ring is 1. The molecule has 3 N–H and O–H groups in total. The molecule has 1 aromatic rings. The number of carbonyl (C=O) groups excluding carboxylic acids is 1.